The molecular formula is C32H30N3O+. The Morgan fingerprint density at radius 1 is 0.861 bits per heavy atom. The predicted octanol–water partition coefficient (Wildman–Crippen LogP) is 7.77. The first kappa shape index (κ1) is 21.4. The van der Waals surface area contributed by atoms with E-state index < -0.39 is 0 Å². The quantitative estimate of drug-likeness (QED) is 0.247. The van der Waals surface area contributed by atoms with Crippen LogP contribution in [0.2, 0.25) is 0 Å². The molecule has 36 heavy (non-hydrogen) atoms. The molecule has 0 unspecified atom stereocenters. The van der Waals surface area contributed by atoms with E-state index in [4.69, 9.17) is 9.40 Å². The van der Waals surface area contributed by atoms with Gasteiger partial charge in [0.05, 0.1) is 7.05 Å². The fourth-order valence-corrected chi connectivity index (χ4v) is 6.15. The third-order valence-corrected chi connectivity index (χ3v) is 7.98. The van der Waals surface area contributed by atoms with E-state index in [2.05, 4.69) is 102 Å². The Morgan fingerprint density at radius 2 is 1.64 bits per heavy atom. The minimum Gasteiger partial charge on any atom is -0.439 e. The molecule has 6 aromatic rings. The van der Waals surface area contributed by atoms with Crippen molar-refractivity contribution in [2.45, 2.75) is 44.9 Å². The summed E-state index contributed by atoms with van der Waals surface area (Å²) in [4.78, 5) is 5.01. The maximum atomic E-state index is 6.67. The summed E-state index contributed by atoms with van der Waals surface area (Å²) in [5, 5.41) is 2.46. The van der Waals surface area contributed by atoms with Crippen molar-refractivity contribution in [1.29, 1.82) is 0 Å². The Balaban J connectivity index is 1.56. The Labute approximate surface area is 210 Å². The zero-order valence-electron chi connectivity index (χ0n) is 20.9. The number of fused-ring (bicyclic) bond motifs is 3. The van der Waals surface area contributed by atoms with Gasteiger partial charge in [-0.2, -0.15) is 4.57 Å². The van der Waals surface area contributed by atoms with Gasteiger partial charge in [-0.15, -0.1) is 0 Å². The molecule has 0 amide bonds. The van der Waals surface area contributed by atoms with Crippen molar-refractivity contribution >= 4 is 32.9 Å². The van der Waals surface area contributed by atoms with Crippen LogP contribution in [0.5, 0.6) is 0 Å². The van der Waals surface area contributed by atoms with Crippen LogP contribution in [0, 0.1) is 6.92 Å². The van der Waals surface area contributed by atoms with E-state index in [1.54, 1.807) is 0 Å². The van der Waals surface area contributed by atoms with Gasteiger partial charge in [0, 0.05) is 11.3 Å². The fraction of sp³-hybridized carbons (Fsp3) is 0.250. The molecule has 1 saturated carbocycles. The van der Waals surface area contributed by atoms with E-state index in [1.165, 1.54) is 65.2 Å². The van der Waals surface area contributed by atoms with Gasteiger partial charge in [0.15, 0.2) is 22.5 Å². The van der Waals surface area contributed by atoms with Gasteiger partial charge in [-0.25, -0.2) is 9.55 Å². The average Bonchev–Trinajstić information content (AvgIpc) is 3.48. The molecule has 0 atom stereocenters. The second-order valence-corrected chi connectivity index (χ2v) is 10.2. The maximum absolute atomic E-state index is 6.67. The predicted molar refractivity (Wildman–Crippen MR) is 146 cm³/mol. The highest BCUT2D eigenvalue weighted by Gasteiger charge is 2.31. The number of oxazole rings is 1. The van der Waals surface area contributed by atoms with Crippen LogP contribution in [0.25, 0.3) is 50.0 Å². The highest BCUT2D eigenvalue weighted by atomic mass is 16.3. The number of imidazole rings is 1. The molecule has 4 nitrogen and oxygen atoms in total. The summed E-state index contributed by atoms with van der Waals surface area (Å²) < 4.78 is 11.4. The molecule has 1 fully saturated rings. The second-order valence-electron chi connectivity index (χ2n) is 10.2. The standard InChI is InChI=1S/C32H30N3O/c1-21-19-20-25-30(36-31(33-25)23-12-4-3-5-13-23)29(21)32-34(2)27-16-8-9-17-28(27)35(32)26-18-10-14-22-11-6-7-15-24(22)26/h6-11,14-20,23H,3-5,12-13H2,1-2H3/q+1. The normalized spacial score (nSPS) is 14.8. The maximum Gasteiger partial charge on any atom is 0.299 e. The molecule has 2 heterocycles. The summed E-state index contributed by atoms with van der Waals surface area (Å²) in [6.45, 7) is 2.18. The summed E-state index contributed by atoms with van der Waals surface area (Å²) in [5.41, 5.74) is 7.69. The molecule has 0 radical (unpaired) electrons. The number of hydrogen-bond acceptors (Lipinski definition) is 2. The highest BCUT2D eigenvalue weighted by molar-refractivity contribution is 5.96. The minimum absolute atomic E-state index is 0.428. The number of hydrogen-bond donors (Lipinski definition) is 0. The molecule has 0 spiro atoms. The zero-order valence-corrected chi connectivity index (χ0v) is 20.9. The smallest absolute Gasteiger partial charge is 0.299 e. The third-order valence-electron chi connectivity index (χ3n) is 7.98. The second kappa shape index (κ2) is 8.34. The lowest BCUT2D eigenvalue weighted by atomic mass is 9.89. The number of aromatic nitrogens is 3. The van der Waals surface area contributed by atoms with Crippen molar-refractivity contribution in [3.8, 4) is 17.1 Å². The van der Waals surface area contributed by atoms with Crippen LogP contribution in [0.4, 0.5) is 0 Å². The summed E-state index contributed by atoms with van der Waals surface area (Å²) >= 11 is 0. The van der Waals surface area contributed by atoms with Crippen molar-refractivity contribution in [2.24, 2.45) is 7.05 Å². The molecule has 0 N–H and O–H groups in total. The van der Waals surface area contributed by atoms with E-state index in [9.17, 15) is 0 Å². The minimum atomic E-state index is 0.428. The van der Waals surface area contributed by atoms with Gasteiger partial charge in [-0.05, 0) is 55.0 Å². The summed E-state index contributed by atoms with van der Waals surface area (Å²) in [7, 11) is 2.16. The van der Waals surface area contributed by atoms with Crippen molar-refractivity contribution in [3.63, 3.8) is 0 Å². The molecule has 7 rings (SSSR count). The van der Waals surface area contributed by atoms with Gasteiger partial charge in [-0.1, -0.05) is 73.9 Å². The Hall–Kier alpha value is -3.92. The van der Waals surface area contributed by atoms with Crippen molar-refractivity contribution < 1.29 is 8.98 Å². The number of nitrogens with zero attached hydrogens (tertiary/aromatic N) is 3. The number of benzene rings is 4. The van der Waals surface area contributed by atoms with Crippen LogP contribution in [-0.4, -0.2) is 9.55 Å². The number of aryl methyl sites for hydroxylation is 2. The first-order chi connectivity index (χ1) is 17.7. The lowest BCUT2D eigenvalue weighted by Crippen LogP contribution is -2.30. The number of rotatable bonds is 3. The van der Waals surface area contributed by atoms with Gasteiger partial charge in [0.2, 0.25) is 0 Å². The SMILES string of the molecule is Cc1ccc2nc(C3CCCCC3)oc2c1-c1n(-c2cccc3ccccc23)c2ccccc2[n+]1C. The van der Waals surface area contributed by atoms with E-state index in [-0.39, 0.29) is 0 Å². The van der Waals surface area contributed by atoms with Crippen molar-refractivity contribution in [2.75, 3.05) is 0 Å². The van der Waals surface area contributed by atoms with Gasteiger partial charge >= 0.3 is 0 Å². The Morgan fingerprint density at radius 3 is 2.53 bits per heavy atom. The average molecular weight is 473 g/mol. The monoisotopic (exact) mass is 472 g/mol. The molecule has 1 aliphatic carbocycles. The fourth-order valence-electron chi connectivity index (χ4n) is 6.15. The van der Waals surface area contributed by atoms with E-state index in [1.807, 2.05) is 0 Å². The molecular weight excluding hydrogens is 442 g/mol. The van der Waals surface area contributed by atoms with Crippen LogP contribution in [0.3, 0.4) is 0 Å². The van der Waals surface area contributed by atoms with E-state index in [0.29, 0.717) is 5.92 Å². The van der Waals surface area contributed by atoms with Crippen LogP contribution in [0.1, 0.15) is 49.5 Å². The Bertz CT molecular complexity index is 1750. The van der Waals surface area contributed by atoms with E-state index in [0.717, 1.165) is 28.4 Å². The van der Waals surface area contributed by atoms with Crippen LogP contribution in [-0.2, 0) is 7.05 Å². The molecule has 0 bridgehead atoms. The van der Waals surface area contributed by atoms with Gasteiger partial charge in [0.1, 0.15) is 16.8 Å². The lowest BCUT2D eigenvalue weighted by molar-refractivity contribution is -0.633. The van der Waals surface area contributed by atoms with Crippen LogP contribution >= 0.6 is 0 Å². The largest absolute Gasteiger partial charge is 0.439 e. The molecule has 2 aromatic heterocycles. The van der Waals surface area contributed by atoms with Crippen molar-refractivity contribution in [1.82, 2.24) is 9.55 Å². The van der Waals surface area contributed by atoms with E-state index >= 15 is 0 Å². The molecule has 4 aromatic carbocycles. The van der Waals surface area contributed by atoms with Crippen LogP contribution in [0.15, 0.2) is 83.3 Å². The third kappa shape index (κ3) is 3.21. The first-order valence-corrected chi connectivity index (χ1v) is 13.1. The molecule has 4 heteroatoms. The molecule has 0 aliphatic heterocycles. The van der Waals surface area contributed by atoms with Gasteiger partial charge in [-0.3, -0.25) is 0 Å². The summed E-state index contributed by atoms with van der Waals surface area (Å²) in [5.74, 6) is 2.45. The van der Waals surface area contributed by atoms with Crippen molar-refractivity contribution in [3.05, 3.63) is 90.3 Å². The summed E-state index contributed by atoms with van der Waals surface area (Å²) in [6, 6.07) is 28.1. The molecule has 1 aliphatic rings. The topological polar surface area (TPSA) is 34.8 Å². The lowest BCUT2D eigenvalue weighted by Gasteiger charge is -2.17. The number of para-hydroxylation sites is 2. The first-order valence-electron chi connectivity index (χ1n) is 13.1. The highest BCUT2D eigenvalue weighted by Crippen LogP contribution is 2.39. The van der Waals surface area contributed by atoms with Crippen LogP contribution < -0.4 is 4.57 Å². The summed E-state index contributed by atoms with van der Waals surface area (Å²) in [6.07, 6.45) is 6.19. The van der Waals surface area contributed by atoms with Gasteiger partial charge < -0.3 is 4.42 Å². The molecule has 178 valence electrons. The van der Waals surface area contributed by atoms with Gasteiger partial charge in [0.25, 0.3) is 5.82 Å². The molecule has 0 saturated heterocycles. The Kier molecular flexibility index (Phi) is 4.95. The zero-order chi connectivity index (χ0) is 24.2.